The summed E-state index contributed by atoms with van der Waals surface area (Å²) >= 11 is 6.76. The predicted octanol–water partition coefficient (Wildman–Crippen LogP) is 11.2. The van der Waals surface area contributed by atoms with Gasteiger partial charge in [0.15, 0.2) is 5.75 Å². The molecule has 0 spiro atoms. The number of amides is 1. The molecule has 1 aromatic heterocycles. The number of allylic oxidation sites excluding steroid dienone is 1. The van der Waals surface area contributed by atoms with Gasteiger partial charge in [0.1, 0.15) is 18.1 Å². The maximum Gasteiger partial charge on any atom is 0.249 e. The third kappa shape index (κ3) is 11.5. The number of aromatic nitrogens is 1. The van der Waals surface area contributed by atoms with Crippen molar-refractivity contribution in [2.75, 3.05) is 32.8 Å². The Bertz CT molecular complexity index is 2050. The van der Waals surface area contributed by atoms with Crippen LogP contribution in [0.1, 0.15) is 72.6 Å². The van der Waals surface area contributed by atoms with Crippen molar-refractivity contribution in [3.63, 3.8) is 0 Å². The van der Waals surface area contributed by atoms with E-state index in [0.717, 1.165) is 54.1 Å². The maximum atomic E-state index is 13.6. The molecule has 0 N–H and O–H groups in total. The average molecular weight is 839 g/mol. The summed E-state index contributed by atoms with van der Waals surface area (Å²) in [5.74, 6) is 3.09. The molecule has 56 heavy (non-hydrogen) atoms. The van der Waals surface area contributed by atoms with Gasteiger partial charge in [-0.15, -0.1) is 17.0 Å². The second kappa shape index (κ2) is 20.0. The lowest BCUT2D eigenvalue weighted by atomic mass is 9.99. The zero-order valence-corrected chi connectivity index (χ0v) is 35.8. The van der Waals surface area contributed by atoms with E-state index in [0.29, 0.717) is 60.2 Å². The van der Waals surface area contributed by atoms with Crippen LogP contribution in [0, 0.1) is 13.8 Å². The van der Waals surface area contributed by atoms with Gasteiger partial charge in [0.25, 0.3) is 0 Å². The number of aryl methyl sites for hydroxylation is 2. The van der Waals surface area contributed by atoms with Gasteiger partial charge in [-0.3, -0.25) is 9.69 Å². The van der Waals surface area contributed by atoms with Gasteiger partial charge >= 0.3 is 0 Å². The molecule has 0 bridgehead atoms. The number of ether oxygens (including phenoxy) is 3. The lowest BCUT2D eigenvalue weighted by Gasteiger charge is -2.35. The molecule has 1 aliphatic heterocycles. The van der Waals surface area contributed by atoms with Gasteiger partial charge in [-0.2, -0.15) is 0 Å². The summed E-state index contributed by atoms with van der Waals surface area (Å²) < 4.78 is 18.0. The highest BCUT2D eigenvalue weighted by Gasteiger charge is 2.24. The zero-order chi connectivity index (χ0) is 38.9. The van der Waals surface area contributed by atoms with Crippen LogP contribution in [-0.2, 0) is 24.4 Å². The first-order valence-electron chi connectivity index (χ1n) is 19.1. The van der Waals surface area contributed by atoms with E-state index in [1.165, 1.54) is 22.3 Å². The molecule has 1 amide bonds. The smallest absolute Gasteiger partial charge is 0.249 e. The quantitative estimate of drug-likeness (QED) is 0.104. The number of carbonyl (C=O) groups is 1. The summed E-state index contributed by atoms with van der Waals surface area (Å²) in [4.78, 5) is 22.4. The predicted molar refractivity (Wildman–Crippen MR) is 233 cm³/mol. The Kier molecular flexibility index (Phi) is 15.2. The second-order valence-electron chi connectivity index (χ2n) is 14.8. The van der Waals surface area contributed by atoms with Gasteiger partial charge in [-0.1, -0.05) is 91.7 Å². The van der Waals surface area contributed by atoms with Gasteiger partial charge in [0, 0.05) is 50.8 Å². The van der Waals surface area contributed by atoms with Gasteiger partial charge < -0.3 is 19.1 Å². The largest absolute Gasteiger partial charge is 0.493 e. The molecule has 1 saturated heterocycles. The summed E-state index contributed by atoms with van der Waals surface area (Å²) in [6.45, 7) is 17.3. The Labute approximate surface area is 348 Å². The standard InChI is InChI=1S/C47H52ClN3O4.BrH/c1-32(2)40-15-17-42(18-16-40)53-26-21-37-11-13-38(14-12-37)30-50-22-24-51(25-23-50)47(52)36(6)35(5)41-27-34(4)46(44(48)28-41)55-45-20-19-43(29-49-45)54-31-39-9-7-33(3)8-10-39;/h7-20,27-29,32H,21-26,30-31H2,1-6H3;1H/b36-35-;. The number of hydrogen-bond acceptors (Lipinski definition) is 6. The summed E-state index contributed by atoms with van der Waals surface area (Å²) in [6, 6.07) is 32.9. The lowest BCUT2D eigenvalue weighted by Crippen LogP contribution is -2.48. The molecular formula is C47H53BrClN3O4. The Hall–Kier alpha value is -4.63. The molecule has 0 saturated carbocycles. The zero-order valence-electron chi connectivity index (χ0n) is 33.3. The number of nitrogens with zero attached hydrogens (tertiary/aromatic N) is 3. The SMILES string of the molecule is Br.C/C(C(=O)N1CCN(Cc2ccc(CCOc3ccc(C(C)C)cc3)cc2)CC1)=C(\C)c1cc(C)c(Oc2ccc(OCc3ccc(C)cc3)cn2)c(Cl)c1. The number of rotatable bonds is 14. The summed E-state index contributed by atoms with van der Waals surface area (Å²) in [6.07, 6.45) is 2.51. The molecule has 1 aliphatic rings. The highest BCUT2D eigenvalue weighted by molar-refractivity contribution is 8.93. The Morgan fingerprint density at radius 2 is 1.43 bits per heavy atom. The van der Waals surface area contributed by atoms with Crippen LogP contribution in [-0.4, -0.2) is 53.5 Å². The molecule has 6 rings (SSSR count). The second-order valence-corrected chi connectivity index (χ2v) is 15.2. The molecule has 7 nitrogen and oxygen atoms in total. The van der Waals surface area contributed by atoms with E-state index in [9.17, 15) is 4.79 Å². The van der Waals surface area contributed by atoms with E-state index in [4.69, 9.17) is 25.8 Å². The molecule has 294 valence electrons. The lowest BCUT2D eigenvalue weighted by molar-refractivity contribution is -0.128. The molecule has 0 atom stereocenters. The van der Waals surface area contributed by atoms with Gasteiger partial charge in [-0.05, 0) is 103 Å². The van der Waals surface area contributed by atoms with Crippen molar-refractivity contribution in [1.82, 2.24) is 14.8 Å². The minimum absolute atomic E-state index is 0. The van der Waals surface area contributed by atoms with Crippen molar-refractivity contribution in [2.24, 2.45) is 0 Å². The van der Waals surface area contributed by atoms with Crippen molar-refractivity contribution in [3.05, 3.63) is 153 Å². The van der Waals surface area contributed by atoms with Crippen molar-refractivity contribution < 1.29 is 19.0 Å². The topological polar surface area (TPSA) is 64.1 Å². The first kappa shape index (κ1) is 42.5. The van der Waals surface area contributed by atoms with Gasteiger partial charge in [0.2, 0.25) is 11.8 Å². The Balaban J connectivity index is 0.00000600. The first-order chi connectivity index (χ1) is 26.5. The van der Waals surface area contributed by atoms with Crippen LogP contribution < -0.4 is 14.2 Å². The van der Waals surface area contributed by atoms with Crippen LogP contribution in [0.4, 0.5) is 0 Å². The van der Waals surface area contributed by atoms with Crippen LogP contribution in [0.2, 0.25) is 5.02 Å². The number of pyridine rings is 1. The van der Waals surface area contributed by atoms with E-state index < -0.39 is 0 Å². The number of piperazine rings is 1. The van der Waals surface area contributed by atoms with Crippen molar-refractivity contribution in [2.45, 2.75) is 67.0 Å². The van der Waals surface area contributed by atoms with E-state index >= 15 is 0 Å². The molecule has 4 aromatic carbocycles. The minimum Gasteiger partial charge on any atom is -0.493 e. The summed E-state index contributed by atoms with van der Waals surface area (Å²) in [5, 5.41) is 0.457. The molecule has 0 unspecified atom stereocenters. The third-order valence-corrected chi connectivity index (χ3v) is 10.6. The van der Waals surface area contributed by atoms with E-state index in [-0.39, 0.29) is 22.9 Å². The fourth-order valence-corrected chi connectivity index (χ4v) is 6.88. The van der Waals surface area contributed by atoms with Gasteiger partial charge in [-0.25, -0.2) is 4.98 Å². The molecule has 0 aliphatic carbocycles. The number of benzene rings is 4. The van der Waals surface area contributed by atoms with Gasteiger partial charge in [0.05, 0.1) is 17.8 Å². The summed E-state index contributed by atoms with van der Waals surface area (Å²) in [5.41, 5.74) is 9.51. The van der Waals surface area contributed by atoms with Crippen LogP contribution in [0.5, 0.6) is 23.1 Å². The van der Waals surface area contributed by atoms with Crippen LogP contribution in [0.3, 0.4) is 0 Å². The molecule has 1 fully saturated rings. The van der Waals surface area contributed by atoms with E-state index in [1.807, 2.05) is 43.9 Å². The van der Waals surface area contributed by atoms with Crippen molar-refractivity contribution in [1.29, 1.82) is 0 Å². The minimum atomic E-state index is 0. The fourth-order valence-electron chi connectivity index (χ4n) is 6.57. The van der Waals surface area contributed by atoms with Crippen molar-refractivity contribution in [3.8, 4) is 23.1 Å². The Morgan fingerprint density at radius 1 is 0.786 bits per heavy atom. The maximum absolute atomic E-state index is 13.6. The molecular weight excluding hydrogens is 786 g/mol. The Morgan fingerprint density at radius 3 is 2.05 bits per heavy atom. The highest BCUT2D eigenvalue weighted by Crippen LogP contribution is 2.36. The fraction of sp³-hybridized carbons (Fsp3) is 0.319. The number of halogens is 2. The third-order valence-electron chi connectivity index (χ3n) is 10.3. The molecule has 5 aromatic rings. The van der Waals surface area contributed by atoms with E-state index in [2.05, 4.69) is 103 Å². The van der Waals surface area contributed by atoms with Crippen LogP contribution in [0.15, 0.2) is 109 Å². The normalized spacial score (nSPS) is 13.5. The first-order valence-corrected chi connectivity index (χ1v) is 19.5. The van der Waals surface area contributed by atoms with Crippen LogP contribution >= 0.6 is 28.6 Å². The van der Waals surface area contributed by atoms with E-state index in [1.54, 1.807) is 12.3 Å². The summed E-state index contributed by atoms with van der Waals surface area (Å²) in [7, 11) is 0. The van der Waals surface area contributed by atoms with Crippen LogP contribution in [0.25, 0.3) is 5.57 Å². The highest BCUT2D eigenvalue weighted by atomic mass is 79.9. The number of hydrogen-bond donors (Lipinski definition) is 0. The van der Waals surface area contributed by atoms with Crippen molar-refractivity contribution >= 4 is 40.1 Å². The molecule has 2 heterocycles. The number of carbonyl (C=O) groups excluding carboxylic acids is 1. The molecule has 0 radical (unpaired) electrons. The molecule has 9 heteroatoms. The monoisotopic (exact) mass is 837 g/mol. The average Bonchev–Trinajstić information content (AvgIpc) is 3.19.